The lowest BCUT2D eigenvalue weighted by atomic mass is 10.1. The minimum Gasteiger partial charge on any atom is -0.384 e. The van der Waals surface area contributed by atoms with Crippen LogP contribution < -0.4 is 5.73 Å². The molecular formula is C13H21N3O. The predicted octanol–water partition coefficient (Wildman–Crippen LogP) is 1.98. The third-order valence-corrected chi connectivity index (χ3v) is 2.90. The average molecular weight is 235 g/mol. The number of anilines is 1. The smallest absolute Gasteiger partial charge is 0.133 e. The number of hydrogen-bond donors (Lipinski definition) is 1. The molecule has 1 aromatic heterocycles. The molecule has 1 atom stereocenters. The zero-order chi connectivity index (χ0) is 12.3. The third kappa shape index (κ3) is 3.66. The molecule has 94 valence electrons. The van der Waals surface area contributed by atoms with E-state index in [1.54, 1.807) is 0 Å². The number of nitrogens with zero attached hydrogens (tertiary/aromatic N) is 2. The fourth-order valence-corrected chi connectivity index (χ4v) is 2.20. The topological polar surface area (TPSA) is 61.0 Å². The maximum Gasteiger partial charge on any atom is 0.133 e. The SMILES string of the molecule is CC(C)Cc1cc(N)nc(CC2CCCO2)n1. The van der Waals surface area contributed by atoms with Crippen molar-refractivity contribution in [3.05, 3.63) is 17.6 Å². The molecule has 4 heteroatoms. The van der Waals surface area contributed by atoms with Crippen LogP contribution in [0.15, 0.2) is 6.07 Å². The van der Waals surface area contributed by atoms with Gasteiger partial charge in [-0.25, -0.2) is 9.97 Å². The van der Waals surface area contributed by atoms with E-state index < -0.39 is 0 Å². The lowest BCUT2D eigenvalue weighted by molar-refractivity contribution is 0.110. The van der Waals surface area contributed by atoms with E-state index in [4.69, 9.17) is 10.5 Å². The molecule has 2 heterocycles. The van der Waals surface area contributed by atoms with Crippen LogP contribution in [-0.4, -0.2) is 22.7 Å². The minimum absolute atomic E-state index is 0.281. The highest BCUT2D eigenvalue weighted by Gasteiger charge is 2.18. The fourth-order valence-electron chi connectivity index (χ4n) is 2.20. The van der Waals surface area contributed by atoms with Gasteiger partial charge in [0.2, 0.25) is 0 Å². The third-order valence-electron chi connectivity index (χ3n) is 2.90. The van der Waals surface area contributed by atoms with Gasteiger partial charge in [0.05, 0.1) is 6.10 Å². The van der Waals surface area contributed by atoms with Crippen molar-refractivity contribution in [2.24, 2.45) is 5.92 Å². The van der Waals surface area contributed by atoms with E-state index in [9.17, 15) is 0 Å². The Labute approximate surface area is 103 Å². The monoisotopic (exact) mass is 235 g/mol. The van der Waals surface area contributed by atoms with Crippen molar-refractivity contribution in [3.8, 4) is 0 Å². The molecule has 0 amide bonds. The Morgan fingerprint density at radius 1 is 1.47 bits per heavy atom. The van der Waals surface area contributed by atoms with Crippen LogP contribution in [0.5, 0.6) is 0 Å². The second kappa shape index (κ2) is 5.45. The number of nitrogen functional groups attached to an aromatic ring is 1. The van der Waals surface area contributed by atoms with Gasteiger partial charge in [-0.3, -0.25) is 0 Å². The van der Waals surface area contributed by atoms with E-state index in [0.717, 1.165) is 43.8 Å². The molecule has 0 spiro atoms. The van der Waals surface area contributed by atoms with Gasteiger partial charge in [0.25, 0.3) is 0 Å². The molecule has 1 unspecified atom stereocenters. The number of ether oxygens (including phenoxy) is 1. The van der Waals surface area contributed by atoms with Gasteiger partial charge in [-0.2, -0.15) is 0 Å². The molecule has 0 radical (unpaired) electrons. The number of nitrogens with two attached hydrogens (primary N) is 1. The van der Waals surface area contributed by atoms with E-state index in [2.05, 4.69) is 23.8 Å². The van der Waals surface area contributed by atoms with Gasteiger partial charge in [0.15, 0.2) is 0 Å². The molecular weight excluding hydrogens is 214 g/mol. The Kier molecular flexibility index (Phi) is 3.94. The first-order valence-corrected chi connectivity index (χ1v) is 6.37. The first kappa shape index (κ1) is 12.3. The Balaban J connectivity index is 2.07. The molecule has 0 aromatic carbocycles. The molecule has 17 heavy (non-hydrogen) atoms. The first-order chi connectivity index (χ1) is 8.13. The summed E-state index contributed by atoms with van der Waals surface area (Å²) < 4.78 is 5.60. The largest absolute Gasteiger partial charge is 0.384 e. The maximum absolute atomic E-state index is 5.82. The van der Waals surface area contributed by atoms with Crippen LogP contribution in [0.25, 0.3) is 0 Å². The van der Waals surface area contributed by atoms with Crippen molar-refractivity contribution in [1.29, 1.82) is 0 Å². The van der Waals surface area contributed by atoms with Crippen LogP contribution in [0.4, 0.5) is 5.82 Å². The molecule has 1 aliphatic rings. The predicted molar refractivity (Wildman–Crippen MR) is 67.7 cm³/mol. The van der Waals surface area contributed by atoms with Crippen molar-refractivity contribution in [2.75, 3.05) is 12.3 Å². The summed E-state index contributed by atoms with van der Waals surface area (Å²) in [6.07, 6.45) is 4.27. The zero-order valence-electron chi connectivity index (χ0n) is 10.6. The molecule has 4 nitrogen and oxygen atoms in total. The van der Waals surface area contributed by atoms with E-state index in [0.29, 0.717) is 11.7 Å². The molecule has 2 rings (SSSR count). The molecule has 2 N–H and O–H groups in total. The first-order valence-electron chi connectivity index (χ1n) is 6.37. The molecule has 1 aliphatic heterocycles. The summed E-state index contributed by atoms with van der Waals surface area (Å²) in [6.45, 7) is 5.22. The summed E-state index contributed by atoms with van der Waals surface area (Å²) in [6, 6.07) is 1.87. The number of hydrogen-bond acceptors (Lipinski definition) is 4. The van der Waals surface area contributed by atoms with Gasteiger partial charge in [0, 0.05) is 24.8 Å². The molecule has 0 saturated carbocycles. The quantitative estimate of drug-likeness (QED) is 0.866. The van der Waals surface area contributed by atoms with Gasteiger partial charge in [-0.15, -0.1) is 0 Å². The van der Waals surface area contributed by atoms with E-state index in [-0.39, 0.29) is 6.10 Å². The van der Waals surface area contributed by atoms with Crippen molar-refractivity contribution >= 4 is 5.82 Å². The molecule has 0 bridgehead atoms. The summed E-state index contributed by atoms with van der Waals surface area (Å²) in [5.74, 6) is 1.98. The van der Waals surface area contributed by atoms with Crippen molar-refractivity contribution in [3.63, 3.8) is 0 Å². The normalized spacial score (nSPS) is 20.1. The average Bonchev–Trinajstić information content (AvgIpc) is 2.67. The van der Waals surface area contributed by atoms with Crippen LogP contribution in [0.1, 0.15) is 38.2 Å². The van der Waals surface area contributed by atoms with Crippen LogP contribution in [0, 0.1) is 5.92 Å². The summed E-state index contributed by atoms with van der Waals surface area (Å²) >= 11 is 0. The van der Waals surface area contributed by atoms with Gasteiger partial charge < -0.3 is 10.5 Å². The van der Waals surface area contributed by atoms with E-state index in [1.165, 1.54) is 0 Å². The summed E-state index contributed by atoms with van der Waals surface area (Å²) in [4.78, 5) is 8.86. The highest BCUT2D eigenvalue weighted by Crippen LogP contribution is 2.17. The zero-order valence-corrected chi connectivity index (χ0v) is 10.6. The van der Waals surface area contributed by atoms with Gasteiger partial charge >= 0.3 is 0 Å². The summed E-state index contributed by atoms with van der Waals surface area (Å²) in [7, 11) is 0. The lowest BCUT2D eigenvalue weighted by Gasteiger charge is -2.11. The van der Waals surface area contributed by atoms with E-state index in [1.807, 2.05) is 6.07 Å². The fraction of sp³-hybridized carbons (Fsp3) is 0.692. The van der Waals surface area contributed by atoms with Crippen molar-refractivity contribution in [2.45, 2.75) is 45.6 Å². The minimum atomic E-state index is 0.281. The molecule has 1 saturated heterocycles. The Hall–Kier alpha value is -1.16. The molecule has 1 aromatic rings. The Morgan fingerprint density at radius 2 is 2.29 bits per heavy atom. The highest BCUT2D eigenvalue weighted by atomic mass is 16.5. The Morgan fingerprint density at radius 3 is 2.94 bits per heavy atom. The van der Waals surface area contributed by atoms with Gasteiger partial charge in [0.1, 0.15) is 11.6 Å². The van der Waals surface area contributed by atoms with Gasteiger partial charge in [-0.1, -0.05) is 13.8 Å². The lowest BCUT2D eigenvalue weighted by Crippen LogP contribution is -2.14. The van der Waals surface area contributed by atoms with Crippen LogP contribution >= 0.6 is 0 Å². The van der Waals surface area contributed by atoms with Crippen LogP contribution in [0.2, 0.25) is 0 Å². The standard InChI is InChI=1S/C13H21N3O/c1-9(2)6-10-7-12(14)16-13(15-10)8-11-4-3-5-17-11/h7,9,11H,3-6,8H2,1-2H3,(H2,14,15,16). The van der Waals surface area contributed by atoms with Crippen molar-refractivity contribution in [1.82, 2.24) is 9.97 Å². The van der Waals surface area contributed by atoms with Crippen LogP contribution in [-0.2, 0) is 17.6 Å². The van der Waals surface area contributed by atoms with Crippen molar-refractivity contribution < 1.29 is 4.74 Å². The second-order valence-corrected chi connectivity index (χ2v) is 5.14. The summed E-state index contributed by atoms with van der Waals surface area (Å²) in [5.41, 5.74) is 6.86. The number of aromatic nitrogens is 2. The molecule has 0 aliphatic carbocycles. The van der Waals surface area contributed by atoms with E-state index >= 15 is 0 Å². The van der Waals surface area contributed by atoms with Gasteiger partial charge in [-0.05, 0) is 25.2 Å². The number of rotatable bonds is 4. The highest BCUT2D eigenvalue weighted by molar-refractivity contribution is 5.30. The van der Waals surface area contributed by atoms with Crippen LogP contribution in [0.3, 0.4) is 0 Å². The second-order valence-electron chi connectivity index (χ2n) is 5.14. The Bertz CT molecular complexity index is 373. The summed E-state index contributed by atoms with van der Waals surface area (Å²) in [5, 5.41) is 0. The molecule has 1 fully saturated rings. The maximum atomic E-state index is 5.82.